The van der Waals surface area contributed by atoms with Crippen molar-refractivity contribution in [2.45, 2.75) is 38.3 Å². The van der Waals surface area contributed by atoms with Gasteiger partial charge in [0.1, 0.15) is 4.47 Å². The summed E-state index contributed by atoms with van der Waals surface area (Å²) in [6, 6.07) is 0. The first kappa shape index (κ1) is 11.8. The zero-order valence-corrected chi connectivity index (χ0v) is 10.6. The van der Waals surface area contributed by atoms with Gasteiger partial charge in [0.05, 0.1) is 12.4 Å². The highest BCUT2D eigenvalue weighted by molar-refractivity contribution is 9.10. The Bertz CT molecular complexity index is 399. The summed E-state index contributed by atoms with van der Waals surface area (Å²) >= 11 is 3.18. The van der Waals surface area contributed by atoms with Crippen LogP contribution in [0.15, 0.2) is 21.8 Å². The van der Waals surface area contributed by atoms with Crippen molar-refractivity contribution in [2.75, 3.05) is 6.61 Å². The standard InChI is InChI=1S/C11H15BrN2O2/c12-10-7-13-8-14(11(10)15)5-1-3-9-4-2-6-16-9/h7-9H,1-6H2. The summed E-state index contributed by atoms with van der Waals surface area (Å²) in [4.78, 5) is 15.6. The van der Waals surface area contributed by atoms with E-state index in [1.54, 1.807) is 10.9 Å². The fraction of sp³-hybridized carbons (Fsp3) is 0.636. The highest BCUT2D eigenvalue weighted by Crippen LogP contribution is 2.16. The zero-order chi connectivity index (χ0) is 11.4. The minimum atomic E-state index is -0.0117. The van der Waals surface area contributed by atoms with Crippen molar-refractivity contribution in [2.24, 2.45) is 0 Å². The van der Waals surface area contributed by atoms with Gasteiger partial charge in [0.2, 0.25) is 0 Å². The molecular weight excluding hydrogens is 272 g/mol. The molecule has 2 heterocycles. The Morgan fingerprint density at radius 1 is 1.62 bits per heavy atom. The molecule has 88 valence electrons. The van der Waals surface area contributed by atoms with Gasteiger partial charge in [-0.2, -0.15) is 0 Å². The largest absolute Gasteiger partial charge is 0.378 e. The predicted octanol–water partition coefficient (Wildman–Crippen LogP) is 1.96. The van der Waals surface area contributed by atoms with Crippen molar-refractivity contribution in [1.29, 1.82) is 0 Å². The predicted molar refractivity (Wildman–Crippen MR) is 64.4 cm³/mol. The molecule has 0 bridgehead atoms. The molecule has 1 saturated heterocycles. The average Bonchev–Trinajstić information content (AvgIpc) is 2.77. The van der Waals surface area contributed by atoms with Gasteiger partial charge in [0.25, 0.3) is 5.56 Å². The lowest BCUT2D eigenvalue weighted by Gasteiger charge is -2.09. The molecule has 1 fully saturated rings. The third kappa shape index (κ3) is 2.92. The number of aryl methyl sites for hydroxylation is 1. The maximum absolute atomic E-state index is 11.6. The molecule has 1 aliphatic rings. The van der Waals surface area contributed by atoms with E-state index >= 15 is 0 Å². The summed E-state index contributed by atoms with van der Waals surface area (Å²) in [7, 11) is 0. The van der Waals surface area contributed by atoms with Crippen LogP contribution in [0.2, 0.25) is 0 Å². The van der Waals surface area contributed by atoms with Crippen LogP contribution < -0.4 is 5.56 Å². The first-order chi connectivity index (χ1) is 7.77. The van der Waals surface area contributed by atoms with Crippen molar-refractivity contribution in [3.05, 3.63) is 27.4 Å². The minimum Gasteiger partial charge on any atom is -0.378 e. The monoisotopic (exact) mass is 286 g/mol. The van der Waals surface area contributed by atoms with Gasteiger partial charge in [0.15, 0.2) is 0 Å². The molecule has 1 aromatic rings. The van der Waals surface area contributed by atoms with Crippen LogP contribution in [-0.4, -0.2) is 22.3 Å². The quantitative estimate of drug-likeness (QED) is 0.850. The lowest BCUT2D eigenvalue weighted by atomic mass is 10.1. The average molecular weight is 287 g/mol. The topological polar surface area (TPSA) is 44.1 Å². The van der Waals surface area contributed by atoms with Gasteiger partial charge in [-0.15, -0.1) is 0 Å². The Kier molecular flexibility index (Phi) is 4.12. The van der Waals surface area contributed by atoms with Crippen LogP contribution in [0.4, 0.5) is 0 Å². The molecule has 0 amide bonds. The van der Waals surface area contributed by atoms with Crippen LogP contribution in [0.1, 0.15) is 25.7 Å². The van der Waals surface area contributed by atoms with E-state index in [4.69, 9.17) is 4.74 Å². The summed E-state index contributed by atoms with van der Waals surface area (Å²) in [6.45, 7) is 1.61. The van der Waals surface area contributed by atoms with Crippen molar-refractivity contribution < 1.29 is 4.74 Å². The van der Waals surface area contributed by atoms with Crippen LogP contribution in [-0.2, 0) is 11.3 Å². The van der Waals surface area contributed by atoms with Crippen molar-refractivity contribution in [3.8, 4) is 0 Å². The van der Waals surface area contributed by atoms with Gasteiger partial charge in [-0.1, -0.05) is 0 Å². The normalized spacial score (nSPS) is 20.2. The molecule has 2 rings (SSSR count). The summed E-state index contributed by atoms with van der Waals surface area (Å²) < 4.78 is 7.69. The van der Waals surface area contributed by atoms with E-state index in [9.17, 15) is 4.79 Å². The Hall–Kier alpha value is -0.680. The maximum Gasteiger partial charge on any atom is 0.267 e. The second-order valence-corrected chi connectivity index (χ2v) is 4.87. The highest BCUT2D eigenvalue weighted by Gasteiger charge is 2.14. The molecular formula is C11H15BrN2O2. The second-order valence-electron chi connectivity index (χ2n) is 4.02. The van der Waals surface area contributed by atoms with Crippen LogP contribution in [0.5, 0.6) is 0 Å². The second kappa shape index (κ2) is 5.59. The number of hydrogen-bond acceptors (Lipinski definition) is 3. The van der Waals surface area contributed by atoms with Gasteiger partial charge in [-0.25, -0.2) is 4.98 Å². The van der Waals surface area contributed by atoms with Crippen molar-refractivity contribution in [3.63, 3.8) is 0 Å². The van der Waals surface area contributed by atoms with E-state index < -0.39 is 0 Å². The third-order valence-corrected chi connectivity index (χ3v) is 3.35. The molecule has 5 heteroatoms. The first-order valence-corrected chi connectivity index (χ1v) is 6.38. The Balaban J connectivity index is 1.85. The molecule has 0 N–H and O–H groups in total. The first-order valence-electron chi connectivity index (χ1n) is 5.59. The number of halogens is 1. The molecule has 1 aromatic heterocycles. The fourth-order valence-electron chi connectivity index (χ4n) is 1.94. The molecule has 0 spiro atoms. The highest BCUT2D eigenvalue weighted by atomic mass is 79.9. The van der Waals surface area contributed by atoms with Gasteiger partial charge in [0, 0.05) is 19.3 Å². The van der Waals surface area contributed by atoms with Crippen LogP contribution in [0.25, 0.3) is 0 Å². The summed E-state index contributed by atoms with van der Waals surface area (Å²) in [5.74, 6) is 0. The van der Waals surface area contributed by atoms with Gasteiger partial charge in [-0.3, -0.25) is 9.36 Å². The van der Waals surface area contributed by atoms with Crippen molar-refractivity contribution >= 4 is 15.9 Å². The molecule has 0 radical (unpaired) electrons. The van der Waals surface area contributed by atoms with Crippen LogP contribution >= 0.6 is 15.9 Å². The molecule has 0 aliphatic carbocycles. The van der Waals surface area contributed by atoms with Crippen molar-refractivity contribution in [1.82, 2.24) is 9.55 Å². The number of hydrogen-bond donors (Lipinski definition) is 0. The Morgan fingerprint density at radius 3 is 3.25 bits per heavy atom. The van der Waals surface area contributed by atoms with Crippen LogP contribution in [0.3, 0.4) is 0 Å². The fourth-order valence-corrected chi connectivity index (χ4v) is 2.29. The van der Waals surface area contributed by atoms with E-state index in [0.29, 0.717) is 17.1 Å². The number of rotatable bonds is 4. The number of nitrogens with zero attached hydrogens (tertiary/aromatic N) is 2. The molecule has 1 aliphatic heterocycles. The number of ether oxygens (including phenoxy) is 1. The molecule has 16 heavy (non-hydrogen) atoms. The minimum absolute atomic E-state index is 0.0117. The molecule has 1 unspecified atom stereocenters. The zero-order valence-electron chi connectivity index (χ0n) is 9.06. The molecule has 0 aromatic carbocycles. The smallest absolute Gasteiger partial charge is 0.267 e. The van der Waals surface area contributed by atoms with Gasteiger partial charge >= 0.3 is 0 Å². The van der Waals surface area contributed by atoms with E-state index in [1.807, 2.05) is 0 Å². The van der Waals surface area contributed by atoms with E-state index in [1.165, 1.54) is 12.6 Å². The van der Waals surface area contributed by atoms with Gasteiger partial charge < -0.3 is 4.74 Å². The summed E-state index contributed by atoms with van der Waals surface area (Å²) in [6.07, 6.45) is 7.83. The lowest BCUT2D eigenvalue weighted by Crippen LogP contribution is -2.21. The number of aromatic nitrogens is 2. The van der Waals surface area contributed by atoms with E-state index in [-0.39, 0.29) is 5.56 Å². The van der Waals surface area contributed by atoms with Gasteiger partial charge in [-0.05, 0) is 41.6 Å². The Morgan fingerprint density at radius 2 is 2.50 bits per heavy atom. The van der Waals surface area contributed by atoms with E-state index in [0.717, 1.165) is 25.9 Å². The third-order valence-electron chi connectivity index (χ3n) is 2.81. The lowest BCUT2D eigenvalue weighted by molar-refractivity contribution is 0.101. The molecule has 1 atom stereocenters. The van der Waals surface area contributed by atoms with Crippen LogP contribution in [0, 0.1) is 0 Å². The molecule has 0 saturated carbocycles. The summed E-state index contributed by atoms with van der Waals surface area (Å²) in [5, 5.41) is 0. The summed E-state index contributed by atoms with van der Waals surface area (Å²) in [5.41, 5.74) is -0.0117. The maximum atomic E-state index is 11.6. The molecule has 4 nitrogen and oxygen atoms in total. The van der Waals surface area contributed by atoms with E-state index in [2.05, 4.69) is 20.9 Å². The SMILES string of the molecule is O=c1c(Br)cncn1CCCC1CCCO1. The Labute approximate surface area is 103 Å².